The number of halogens is 1. The predicted octanol–water partition coefficient (Wildman–Crippen LogP) is 3.67. The van der Waals surface area contributed by atoms with E-state index in [9.17, 15) is 9.90 Å². The van der Waals surface area contributed by atoms with Gasteiger partial charge in [-0.25, -0.2) is 0 Å². The maximum Gasteiger partial charge on any atom is 0.186 e. The molecule has 0 aromatic heterocycles. The second-order valence-corrected chi connectivity index (χ2v) is 4.31. The molecule has 2 rings (SSSR count). The largest absolute Gasteiger partial charge is 0.510 e. The second kappa shape index (κ2) is 4.57. The number of rotatable bonds is 2. The standard InChI is InChI=1S/C11H9BrN2O2/c12-7-1-3-8(4-2-7)13-14-11-9(15)5-6-10(11)16/h1-4,15H,5-6H2. The van der Waals surface area contributed by atoms with Crippen LogP contribution in [0, 0.1) is 0 Å². The summed E-state index contributed by atoms with van der Waals surface area (Å²) in [6.45, 7) is 0. The van der Waals surface area contributed by atoms with Gasteiger partial charge < -0.3 is 5.11 Å². The first-order valence-electron chi connectivity index (χ1n) is 4.79. The molecule has 0 radical (unpaired) electrons. The number of carbonyl (C=O) groups is 1. The molecule has 0 heterocycles. The number of Topliss-reactive ketones (excluding diaryl/α,β-unsaturated/α-hetero) is 1. The quantitative estimate of drug-likeness (QED) is 0.841. The van der Waals surface area contributed by atoms with E-state index in [-0.39, 0.29) is 17.2 Å². The molecule has 1 N–H and O–H groups in total. The van der Waals surface area contributed by atoms with Crippen LogP contribution in [0.25, 0.3) is 0 Å². The molecule has 0 bridgehead atoms. The van der Waals surface area contributed by atoms with Crippen molar-refractivity contribution in [2.45, 2.75) is 12.8 Å². The van der Waals surface area contributed by atoms with Gasteiger partial charge in [-0.15, -0.1) is 5.11 Å². The lowest BCUT2D eigenvalue weighted by Gasteiger charge is -1.93. The van der Waals surface area contributed by atoms with Crippen molar-refractivity contribution in [3.8, 4) is 0 Å². The van der Waals surface area contributed by atoms with Gasteiger partial charge in [0, 0.05) is 17.3 Å². The predicted molar refractivity (Wildman–Crippen MR) is 62.6 cm³/mol. The van der Waals surface area contributed by atoms with E-state index in [1.807, 2.05) is 12.1 Å². The Kier molecular flexibility index (Phi) is 3.14. The Morgan fingerprint density at radius 1 is 1.12 bits per heavy atom. The van der Waals surface area contributed by atoms with Crippen LogP contribution in [0.3, 0.4) is 0 Å². The zero-order chi connectivity index (χ0) is 11.5. The van der Waals surface area contributed by atoms with E-state index in [2.05, 4.69) is 26.2 Å². The van der Waals surface area contributed by atoms with E-state index in [0.717, 1.165) is 4.47 Å². The molecule has 4 nitrogen and oxygen atoms in total. The normalized spacial score (nSPS) is 16.4. The molecule has 5 heteroatoms. The number of hydrogen-bond donors (Lipinski definition) is 1. The third-order valence-electron chi connectivity index (χ3n) is 2.22. The second-order valence-electron chi connectivity index (χ2n) is 3.39. The fraction of sp³-hybridized carbons (Fsp3) is 0.182. The molecular formula is C11H9BrN2O2. The lowest BCUT2D eigenvalue weighted by Crippen LogP contribution is -1.92. The van der Waals surface area contributed by atoms with E-state index in [4.69, 9.17) is 0 Å². The fourth-order valence-corrected chi connectivity index (χ4v) is 1.62. The van der Waals surface area contributed by atoms with Gasteiger partial charge in [-0.2, -0.15) is 5.11 Å². The highest BCUT2D eigenvalue weighted by Gasteiger charge is 2.22. The summed E-state index contributed by atoms with van der Waals surface area (Å²) < 4.78 is 0.949. The Labute approximate surface area is 101 Å². The monoisotopic (exact) mass is 280 g/mol. The van der Waals surface area contributed by atoms with Gasteiger partial charge in [-0.05, 0) is 24.3 Å². The van der Waals surface area contributed by atoms with E-state index in [1.54, 1.807) is 12.1 Å². The van der Waals surface area contributed by atoms with Gasteiger partial charge in [-0.1, -0.05) is 15.9 Å². The van der Waals surface area contributed by atoms with Crippen LogP contribution in [-0.4, -0.2) is 10.9 Å². The van der Waals surface area contributed by atoms with Crippen LogP contribution in [0.15, 0.2) is 50.4 Å². The molecule has 1 aromatic carbocycles. The van der Waals surface area contributed by atoms with Crippen molar-refractivity contribution in [3.05, 3.63) is 40.2 Å². The van der Waals surface area contributed by atoms with Gasteiger partial charge >= 0.3 is 0 Å². The Morgan fingerprint density at radius 3 is 2.38 bits per heavy atom. The topological polar surface area (TPSA) is 62.0 Å². The van der Waals surface area contributed by atoms with Crippen molar-refractivity contribution in [2.75, 3.05) is 0 Å². The first-order valence-corrected chi connectivity index (χ1v) is 5.59. The molecule has 0 amide bonds. The summed E-state index contributed by atoms with van der Waals surface area (Å²) in [5.74, 6) is -0.121. The number of nitrogens with zero attached hydrogens (tertiary/aromatic N) is 2. The molecular weight excluding hydrogens is 272 g/mol. The van der Waals surface area contributed by atoms with Crippen molar-refractivity contribution in [2.24, 2.45) is 10.2 Å². The van der Waals surface area contributed by atoms with Gasteiger partial charge in [0.15, 0.2) is 11.5 Å². The van der Waals surface area contributed by atoms with E-state index in [0.29, 0.717) is 18.5 Å². The van der Waals surface area contributed by atoms with Crippen LogP contribution in [-0.2, 0) is 4.79 Å². The van der Waals surface area contributed by atoms with Crippen molar-refractivity contribution < 1.29 is 9.90 Å². The Hall–Kier alpha value is -1.49. The average Bonchev–Trinajstić information content (AvgIpc) is 2.59. The molecule has 0 unspecified atom stereocenters. The van der Waals surface area contributed by atoms with Crippen LogP contribution in [0.4, 0.5) is 5.69 Å². The Morgan fingerprint density at radius 2 is 1.81 bits per heavy atom. The average molecular weight is 281 g/mol. The van der Waals surface area contributed by atoms with Gasteiger partial charge in [0.1, 0.15) is 5.76 Å². The number of aliphatic hydroxyl groups excluding tert-OH is 1. The smallest absolute Gasteiger partial charge is 0.186 e. The molecule has 0 aliphatic heterocycles. The zero-order valence-corrected chi connectivity index (χ0v) is 9.94. The van der Waals surface area contributed by atoms with Gasteiger partial charge in [-0.3, -0.25) is 4.79 Å². The molecule has 82 valence electrons. The van der Waals surface area contributed by atoms with Crippen molar-refractivity contribution in [1.82, 2.24) is 0 Å². The SMILES string of the molecule is O=C1CCC(O)=C1N=Nc1ccc(Br)cc1. The van der Waals surface area contributed by atoms with E-state index < -0.39 is 0 Å². The summed E-state index contributed by atoms with van der Waals surface area (Å²) in [5, 5.41) is 17.0. The summed E-state index contributed by atoms with van der Waals surface area (Å²) in [7, 11) is 0. The molecule has 1 aliphatic rings. The number of carbonyl (C=O) groups excluding carboxylic acids is 1. The van der Waals surface area contributed by atoms with E-state index >= 15 is 0 Å². The number of benzene rings is 1. The lowest BCUT2D eigenvalue weighted by atomic mass is 10.3. The van der Waals surface area contributed by atoms with Crippen LogP contribution in [0.2, 0.25) is 0 Å². The molecule has 1 aliphatic carbocycles. The van der Waals surface area contributed by atoms with Gasteiger partial charge in [0.05, 0.1) is 5.69 Å². The summed E-state index contributed by atoms with van der Waals surface area (Å²) in [6, 6.07) is 7.20. The molecule has 0 fully saturated rings. The summed E-state index contributed by atoms with van der Waals surface area (Å²) in [6.07, 6.45) is 0.689. The molecule has 1 aromatic rings. The number of allylic oxidation sites excluding steroid dienone is 2. The number of ketones is 1. The van der Waals surface area contributed by atoms with Crippen molar-refractivity contribution in [1.29, 1.82) is 0 Å². The fourth-order valence-electron chi connectivity index (χ4n) is 1.36. The third-order valence-corrected chi connectivity index (χ3v) is 2.75. The highest BCUT2D eigenvalue weighted by molar-refractivity contribution is 9.10. The molecule has 0 saturated heterocycles. The van der Waals surface area contributed by atoms with Crippen LogP contribution in [0.5, 0.6) is 0 Å². The number of azo groups is 1. The lowest BCUT2D eigenvalue weighted by molar-refractivity contribution is -0.114. The summed E-state index contributed by atoms with van der Waals surface area (Å²) >= 11 is 3.31. The van der Waals surface area contributed by atoms with Crippen molar-refractivity contribution in [3.63, 3.8) is 0 Å². The van der Waals surface area contributed by atoms with Gasteiger partial charge in [0.25, 0.3) is 0 Å². The molecule has 0 saturated carbocycles. The molecule has 16 heavy (non-hydrogen) atoms. The van der Waals surface area contributed by atoms with Gasteiger partial charge in [0.2, 0.25) is 0 Å². The van der Waals surface area contributed by atoms with Crippen LogP contribution >= 0.6 is 15.9 Å². The highest BCUT2D eigenvalue weighted by atomic mass is 79.9. The summed E-state index contributed by atoms with van der Waals surface area (Å²) in [4.78, 5) is 11.3. The highest BCUT2D eigenvalue weighted by Crippen LogP contribution is 2.24. The minimum absolute atomic E-state index is 0.0332. The first kappa shape index (κ1) is 11.0. The first-order chi connectivity index (χ1) is 7.66. The van der Waals surface area contributed by atoms with Crippen molar-refractivity contribution >= 4 is 27.4 Å². The number of hydrogen-bond acceptors (Lipinski definition) is 4. The Bertz CT molecular complexity index is 477. The third kappa shape index (κ3) is 2.36. The zero-order valence-electron chi connectivity index (χ0n) is 8.35. The molecule has 0 spiro atoms. The van der Waals surface area contributed by atoms with E-state index in [1.165, 1.54) is 0 Å². The maximum absolute atomic E-state index is 11.3. The minimum atomic E-state index is -0.154. The van der Waals surface area contributed by atoms with Crippen LogP contribution < -0.4 is 0 Å². The number of aliphatic hydroxyl groups is 1. The van der Waals surface area contributed by atoms with Crippen LogP contribution in [0.1, 0.15) is 12.8 Å². The molecule has 0 atom stereocenters. The minimum Gasteiger partial charge on any atom is -0.510 e. The summed E-state index contributed by atoms with van der Waals surface area (Å²) in [5.41, 5.74) is 0.728. The maximum atomic E-state index is 11.3. The Balaban J connectivity index is 2.18.